The molecule has 0 aliphatic rings. The first-order chi connectivity index (χ1) is 10.6. The molecule has 0 heterocycles. The molecule has 0 unspecified atom stereocenters. The number of carbonyl (C=O) groups excluding carboxylic acids is 1. The highest BCUT2D eigenvalue weighted by atomic mass is 35.5. The van der Waals surface area contributed by atoms with E-state index in [4.69, 9.17) is 33.2 Å². The van der Waals surface area contributed by atoms with Gasteiger partial charge in [0, 0.05) is 21.2 Å². The van der Waals surface area contributed by atoms with Crippen molar-refractivity contribution in [3.63, 3.8) is 0 Å². The van der Waals surface area contributed by atoms with Crippen LogP contribution in [0.5, 0.6) is 5.75 Å². The summed E-state index contributed by atoms with van der Waals surface area (Å²) < 4.78 is 5.13. The fraction of sp³-hybridized carbons (Fsp3) is 0.0588. The molecule has 0 spiro atoms. The van der Waals surface area contributed by atoms with Gasteiger partial charge in [0.2, 0.25) is 0 Å². The van der Waals surface area contributed by atoms with Crippen LogP contribution in [0.15, 0.2) is 48.5 Å². The van der Waals surface area contributed by atoms with Crippen LogP contribution >= 0.6 is 23.2 Å². The number of ether oxygens (including phenoxy) is 1. The standard InChI is InChI=1S/C17H11Cl2NO2/c18-15-2-1-3-16(19)14(15)8-9-17(21)12-4-6-13(7-5-12)22-11-10-20/h1-9H,11H2. The van der Waals surface area contributed by atoms with Crippen molar-refractivity contribution in [2.45, 2.75) is 0 Å². The monoisotopic (exact) mass is 331 g/mol. The molecule has 2 aromatic rings. The molecule has 0 aliphatic heterocycles. The largest absolute Gasteiger partial charge is 0.479 e. The maximum Gasteiger partial charge on any atom is 0.185 e. The molecule has 0 radical (unpaired) electrons. The Bertz CT molecular complexity index is 726. The van der Waals surface area contributed by atoms with Gasteiger partial charge in [-0.15, -0.1) is 0 Å². The predicted molar refractivity (Wildman–Crippen MR) is 87.4 cm³/mol. The van der Waals surface area contributed by atoms with Gasteiger partial charge in [-0.25, -0.2) is 0 Å². The molecule has 0 bridgehead atoms. The number of halogens is 2. The van der Waals surface area contributed by atoms with Gasteiger partial charge < -0.3 is 4.74 Å². The molecule has 0 atom stereocenters. The zero-order valence-electron chi connectivity index (χ0n) is 11.4. The molecule has 3 nitrogen and oxygen atoms in total. The second kappa shape index (κ2) is 7.65. The van der Waals surface area contributed by atoms with Crippen LogP contribution in [0.1, 0.15) is 15.9 Å². The van der Waals surface area contributed by atoms with Crippen molar-refractivity contribution in [1.29, 1.82) is 5.26 Å². The molecule has 0 aromatic heterocycles. The third-order valence-electron chi connectivity index (χ3n) is 2.84. The van der Waals surface area contributed by atoms with E-state index in [1.165, 1.54) is 6.08 Å². The highest BCUT2D eigenvalue weighted by molar-refractivity contribution is 6.37. The minimum Gasteiger partial charge on any atom is -0.479 e. The lowest BCUT2D eigenvalue weighted by Crippen LogP contribution is -1.96. The zero-order valence-corrected chi connectivity index (χ0v) is 12.9. The summed E-state index contributed by atoms with van der Waals surface area (Å²) in [5.74, 6) is 0.360. The smallest absolute Gasteiger partial charge is 0.185 e. The fourth-order valence-electron chi connectivity index (χ4n) is 1.76. The minimum atomic E-state index is -0.178. The van der Waals surface area contributed by atoms with Gasteiger partial charge in [-0.2, -0.15) is 5.26 Å². The number of nitriles is 1. The summed E-state index contributed by atoms with van der Waals surface area (Å²) >= 11 is 12.1. The van der Waals surface area contributed by atoms with Crippen LogP contribution in [0, 0.1) is 11.3 Å². The first-order valence-electron chi connectivity index (χ1n) is 6.38. The Hall–Kier alpha value is -2.28. The highest BCUT2D eigenvalue weighted by Crippen LogP contribution is 2.25. The summed E-state index contributed by atoms with van der Waals surface area (Å²) in [6, 6.07) is 13.6. The number of rotatable bonds is 5. The van der Waals surface area contributed by atoms with Crippen LogP contribution < -0.4 is 4.74 Å². The van der Waals surface area contributed by atoms with Gasteiger partial charge in [0.05, 0.1) is 0 Å². The SMILES string of the molecule is N#CCOc1ccc(C(=O)C=Cc2c(Cl)cccc2Cl)cc1. The van der Waals surface area contributed by atoms with Crippen LogP contribution in [-0.2, 0) is 0 Å². The van der Waals surface area contributed by atoms with Crippen LogP contribution in [0.25, 0.3) is 6.08 Å². The third-order valence-corrected chi connectivity index (χ3v) is 3.50. The predicted octanol–water partition coefficient (Wildman–Crippen LogP) is 4.79. The average molecular weight is 332 g/mol. The molecule has 0 N–H and O–H groups in total. The molecule has 2 aromatic carbocycles. The number of allylic oxidation sites excluding steroid dienone is 1. The summed E-state index contributed by atoms with van der Waals surface area (Å²) in [6.45, 7) is -0.0296. The molecule has 0 saturated carbocycles. The van der Waals surface area contributed by atoms with Crippen molar-refractivity contribution in [1.82, 2.24) is 0 Å². The maximum atomic E-state index is 12.1. The average Bonchev–Trinajstić information content (AvgIpc) is 2.52. The number of hydrogen-bond acceptors (Lipinski definition) is 3. The number of ketones is 1. The minimum absolute atomic E-state index is 0.0296. The summed E-state index contributed by atoms with van der Waals surface area (Å²) in [5.41, 5.74) is 1.11. The van der Waals surface area contributed by atoms with E-state index in [9.17, 15) is 4.79 Å². The van der Waals surface area contributed by atoms with Crippen LogP contribution in [-0.4, -0.2) is 12.4 Å². The second-order valence-electron chi connectivity index (χ2n) is 4.30. The summed E-state index contributed by atoms with van der Waals surface area (Å²) in [5, 5.41) is 9.40. The second-order valence-corrected chi connectivity index (χ2v) is 5.12. The molecular weight excluding hydrogens is 321 g/mol. The first-order valence-corrected chi connectivity index (χ1v) is 7.13. The van der Waals surface area contributed by atoms with E-state index in [-0.39, 0.29) is 12.4 Å². The van der Waals surface area contributed by atoms with E-state index in [1.807, 2.05) is 6.07 Å². The molecule has 0 fully saturated rings. The Morgan fingerprint density at radius 1 is 1.14 bits per heavy atom. The number of benzene rings is 2. The van der Waals surface area contributed by atoms with E-state index in [2.05, 4.69) is 0 Å². The quantitative estimate of drug-likeness (QED) is 0.584. The van der Waals surface area contributed by atoms with Gasteiger partial charge in [0.25, 0.3) is 0 Å². The Kier molecular flexibility index (Phi) is 5.60. The van der Waals surface area contributed by atoms with Gasteiger partial charge in [-0.05, 0) is 48.6 Å². The molecule has 2 rings (SSSR count). The first kappa shape index (κ1) is 16.1. The maximum absolute atomic E-state index is 12.1. The van der Waals surface area contributed by atoms with E-state index < -0.39 is 0 Å². The van der Waals surface area contributed by atoms with E-state index in [1.54, 1.807) is 48.5 Å². The van der Waals surface area contributed by atoms with Gasteiger partial charge in [-0.1, -0.05) is 29.3 Å². The molecule has 5 heteroatoms. The Labute approximate surface area is 138 Å². The Balaban J connectivity index is 2.12. The molecule has 0 saturated heterocycles. The van der Waals surface area contributed by atoms with Crippen molar-refractivity contribution >= 4 is 35.1 Å². The molecule has 110 valence electrons. The molecule has 22 heavy (non-hydrogen) atoms. The highest BCUT2D eigenvalue weighted by Gasteiger charge is 2.05. The topological polar surface area (TPSA) is 50.1 Å². The molecular formula is C17H11Cl2NO2. The lowest BCUT2D eigenvalue weighted by molar-refractivity contribution is 0.104. The van der Waals surface area contributed by atoms with Crippen molar-refractivity contribution in [3.05, 3.63) is 69.7 Å². The van der Waals surface area contributed by atoms with Crippen molar-refractivity contribution < 1.29 is 9.53 Å². The zero-order chi connectivity index (χ0) is 15.9. The van der Waals surface area contributed by atoms with Gasteiger partial charge >= 0.3 is 0 Å². The summed E-state index contributed by atoms with van der Waals surface area (Å²) in [6.07, 6.45) is 3.01. The van der Waals surface area contributed by atoms with Gasteiger partial charge in [-0.3, -0.25) is 4.79 Å². The number of nitrogens with zero attached hydrogens (tertiary/aromatic N) is 1. The summed E-state index contributed by atoms with van der Waals surface area (Å²) in [7, 11) is 0. The lowest BCUT2D eigenvalue weighted by atomic mass is 10.1. The van der Waals surface area contributed by atoms with E-state index in [0.717, 1.165) is 0 Å². The Morgan fingerprint density at radius 3 is 2.36 bits per heavy atom. The Morgan fingerprint density at radius 2 is 1.77 bits per heavy atom. The van der Waals surface area contributed by atoms with Crippen LogP contribution in [0.4, 0.5) is 0 Å². The molecule has 0 amide bonds. The van der Waals surface area contributed by atoms with E-state index in [0.29, 0.717) is 26.9 Å². The number of carbonyl (C=O) groups is 1. The summed E-state index contributed by atoms with van der Waals surface area (Å²) in [4.78, 5) is 12.1. The number of hydrogen-bond donors (Lipinski definition) is 0. The van der Waals surface area contributed by atoms with Crippen molar-refractivity contribution in [2.24, 2.45) is 0 Å². The fourth-order valence-corrected chi connectivity index (χ4v) is 2.28. The van der Waals surface area contributed by atoms with Crippen LogP contribution in [0.3, 0.4) is 0 Å². The van der Waals surface area contributed by atoms with E-state index >= 15 is 0 Å². The van der Waals surface area contributed by atoms with Crippen molar-refractivity contribution in [3.8, 4) is 11.8 Å². The van der Waals surface area contributed by atoms with Crippen molar-refractivity contribution in [2.75, 3.05) is 6.61 Å². The van der Waals surface area contributed by atoms with Crippen LogP contribution in [0.2, 0.25) is 10.0 Å². The third kappa shape index (κ3) is 4.11. The normalized spacial score (nSPS) is 10.4. The van der Waals surface area contributed by atoms with Gasteiger partial charge in [0.15, 0.2) is 12.4 Å². The molecule has 0 aliphatic carbocycles. The van der Waals surface area contributed by atoms with Gasteiger partial charge in [0.1, 0.15) is 11.8 Å². The lowest BCUT2D eigenvalue weighted by Gasteiger charge is -2.02.